The Morgan fingerprint density at radius 1 is 0.944 bits per heavy atom. The third-order valence-electron chi connectivity index (χ3n) is 2.76. The van der Waals surface area contributed by atoms with Crippen molar-refractivity contribution in [2.24, 2.45) is 0 Å². The fourth-order valence-corrected chi connectivity index (χ4v) is 4.51. The summed E-state index contributed by atoms with van der Waals surface area (Å²) in [5, 5.41) is 1.36. The molecule has 0 amide bonds. The molecule has 18 heavy (non-hydrogen) atoms. The van der Waals surface area contributed by atoms with Crippen LogP contribution in [-0.4, -0.2) is 12.0 Å². The molecule has 0 radical (unpaired) electrons. The lowest BCUT2D eigenvalue weighted by Gasteiger charge is -2.17. The van der Waals surface area contributed by atoms with Gasteiger partial charge in [0.05, 0.1) is 0 Å². The van der Waals surface area contributed by atoms with Crippen LogP contribution in [0.5, 0.6) is 0 Å². The van der Waals surface area contributed by atoms with E-state index in [9.17, 15) is 4.39 Å². The van der Waals surface area contributed by atoms with Crippen molar-refractivity contribution in [2.75, 3.05) is 12.0 Å². The molecule has 1 atom stereocenters. The maximum atomic E-state index is 12.9. The summed E-state index contributed by atoms with van der Waals surface area (Å²) in [7, 11) is -0.296. The van der Waals surface area contributed by atoms with Gasteiger partial charge in [0, 0.05) is 5.88 Å². The zero-order chi connectivity index (χ0) is 12.8. The van der Waals surface area contributed by atoms with E-state index in [1.807, 2.05) is 18.2 Å². The van der Waals surface area contributed by atoms with Gasteiger partial charge in [-0.25, -0.2) is 4.39 Å². The number of benzene rings is 2. The van der Waals surface area contributed by atoms with E-state index in [4.69, 9.17) is 11.6 Å². The number of halogens is 2. The van der Waals surface area contributed by atoms with Crippen LogP contribution >= 0.6 is 19.5 Å². The molecule has 0 aromatic heterocycles. The van der Waals surface area contributed by atoms with Crippen molar-refractivity contribution < 1.29 is 4.39 Å². The van der Waals surface area contributed by atoms with Crippen molar-refractivity contribution in [2.45, 2.75) is 6.16 Å². The van der Waals surface area contributed by atoms with Gasteiger partial charge in [0.1, 0.15) is 5.82 Å². The van der Waals surface area contributed by atoms with E-state index in [1.165, 1.54) is 23.0 Å². The van der Waals surface area contributed by atoms with Crippen molar-refractivity contribution in [1.29, 1.82) is 0 Å². The molecule has 0 aliphatic heterocycles. The van der Waals surface area contributed by atoms with Crippen molar-refractivity contribution >= 4 is 24.8 Å². The van der Waals surface area contributed by atoms with Gasteiger partial charge in [-0.05, 0) is 35.3 Å². The highest BCUT2D eigenvalue weighted by Crippen LogP contribution is 2.38. The monoisotopic (exact) mass is 280 g/mol. The molecule has 2 aromatic carbocycles. The zero-order valence-corrected chi connectivity index (χ0v) is 11.7. The highest BCUT2D eigenvalue weighted by atomic mass is 35.5. The van der Waals surface area contributed by atoms with Gasteiger partial charge < -0.3 is 0 Å². The van der Waals surface area contributed by atoms with Crippen molar-refractivity contribution in [3.05, 3.63) is 66.0 Å². The fourth-order valence-electron chi connectivity index (χ4n) is 1.85. The summed E-state index contributed by atoms with van der Waals surface area (Å²) in [6, 6.07) is 17.2. The second-order valence-electron chi connectivity index (χ2n) is 4.07. The first kappa shape index (κ1) is 13.5. The van der Waals surface area contributed by atoms with E-state index in [1.54, 1.807) is 0 Å². The average Bonchev–Trinajstić information content (AvgIpc) is 2.42. The van der Waals surface area contributed by atoms with E-state index < -0.39 is 0 Å². The lowest BCUT2D eigenvalue weighted by molar-refractivity contribution is 0.627. The molecule has 0 bridgehead atoms. The fraction of sp³-hybridized carbons (Fsp3) is 0.200. The Hall–Kier alpha value is -0.910. The van der Waals surface area contributed by atoms with Crippen LogP contribution in [0.25, 0.3) is 0 Å². The molecule has 94 valence electrons. The summed E-state index contributed by atoms with van der Waals surface area (Å²) < 4.78 is 12.9. The molecule has 0 fully saturated rings. The maximum absolute atomic E-state index is 12.9. The second-order valence-corrected chi connectivity index (χ2v) is 6.81. The molecule has 0 N–H and O–H groups in total. The SMILES string of the molecule is Fc1ccc(CP(CCCl)c2ccccc2)cc1. The minimum absolute atomic E-state index is 0.180. The van der Waals surface area contributed by atoms with Crippen LogP contribution in [0.4, 0.5) is 4.39 Å². The Balaban J connectivity index is 2.14. The van der Waals surface area contributed by atoms with E-state index in [2.05, 4.69) is 24.3 Å². The Labute approximate surface area is 114 Å². The van der Waals surface area contributed by atoms with Crippen LogP contribution in [0.3, 0.4) is 0 Å². The molecule has 0 aliphatic rings. The summed E-state index contributed by atoms with van der Waals surface area (Å²) in [4.78, 5) is 0. The minimum atomic E-state index is -0.296. The number of hydrogen-bond donors (Lipinski definition) is 0. The summed E-state index contributed by atoms with van der Waals surface area (Å²) in [6.45, 7) is 0. The predicted molar refractivity (Wildman–Crippen MR) is 78.7 cm³/mol. The van der Waals surface area contributed by atoms with Gasteiger partial charge in [-0.3, -0.25) is 0 Å². The molecule has 0 spiro atoms. The minimum Gasteiger partial charge on any atom is -0.207 e. The summed E-state index contributed by atoms with van der Waals surface area (Å²) >= 11 is 5.89. The van der Waals surface area contributed by atoms with Gasteiger partial charge in [-0.15, -0.1) is 11.6 Å². The molecule has 3 heteroatoms. The molecule has 2 aromatic rings. The Bertz CT molecular complexity index is 470. The highest BCUT2D eigenvalue weighted by molar-refractivity contribution is 7.65. The second kappa shape index (κ2) is 6.87. The third kappa shape index (κ3) is 3.80. The Morgan fingerprint density at radius 3 is 2.22 bits per heavy atom. The van der Waals surface area contributed by atoms with E-state index in [0.29, 0.717) is 5.88 Å². The molecule has 0 nitrogen and oxygen atoms in total. The van der Waals surface area contributed by atoms with Crippen molar-refractivity contribution in [3.8, 4) is 0 Å². The molecule has 0 saturated carbocycles. The van der Waals surface area contributed by atoms with Gasteiger partial charge in [0.2, 0.25) is 0 Å². The lowest BCUT2D eigenvalue weighted by atomic mass is 10.2. The van der Waals surface area contributed by atoms with Crippen LogP contribution in [-0.2, 0) is 6.16 Å². The molecular formula is C15H15ClFP. The zero-order valence-electron chi connectivity index (χ0n) is 10.0. The van der Waals surface area contributed by atoms with Crippen molar-refractivity contribution in [1.82, 2.24) is 0 Å². The van der Waals surface area contributed by atoms with Gasteiger partial charge >= 0.3 is 0 Å². The molecule has 1 unspecified atom stereocenters. The smallest absolute Gasteiger partial charge is 0.123 e. The highest BCUT2D eigenvalue weighted by Gasteiger charge is 2.10. The topological polar surface area (TPSA) is 0 Å². The molecular weight excluding hydrogens is 266 g/mol. The summed E-state index contributed by atoms with van der Waals surface area (Å²) in [6.07, 6.45) is 1.96. The quantitative estimate of drug-likeness (QED) is 0.563. The van der Waals surface area contributed by atoms with E-state index in [-0.39, 0.29) is 13.7 Å². The lowest BCUT2D eigenvalue weighted by Crippen LogP contribution is -2.05. The largest absolute Gasteiger partial charge is 0.207 e. The predicted octanol–water partition coefficient (Wildman–Crippen LogP) is 4.37. The van der Waals surface area contributed by atoms with Gasteiger partial charge in [-0.2, -0.15) is 0 Å². The first-order valence-corrected chi connectivity index (χ1v) is 8.14. The normalized spacial score (nSPS) is 12.3. The molecule has 2 rings (SSSR count). The van der Waals surface area contributed by atoms with Gasteiger partial charge in [-0.1, -0.05) is 50.4 Å². The average molecular weight is 281 g/mol. The molecule has 0 heterocycles. The number of alkyl halides is 1. The van der Waals surface area contributed by atoms with E-state index in [0.717, 1.165) is 12.3 Å². The van der Waals surface area contributed by atoms with Crippen LogP contribution in [0, 0.1) is 5.82 Å². The van der Waals surface area contributed by atoms with Crippen LogP contribution in [0.15, 0.2) is 54.6 Å². The number of rotatable bonds is 5. The molecule has 0 saturated heterocycles. The standard InChI is InChI=1S/C15H15ClFP/c16-10-11-18(15-4-2-1-3-5-15)12-13-6-8-14(17)9-7-13/h1-9H,10-12H2. The Kier molecular flexibility index (Phi) is 5.16. The first-order chi connectivity index (χ1) is 8.79. The third-order valence-corrected chi connectivity index (χ3v) is 5.75. The summed E-state index contributed by atoms with van der Waals surface area (Å²) in [5.74, 6) is 0.488. The maximum Gasteiger partial charge on any atom is 0.123 e. The van der Waals surface area contributed by atoms with Gasteiger partial charge in [0.25, 0.3) is 0 Å². The Morgan fingerprint density at radius 2 is 1.61 bits per heavy atom. The van der Waals surface area contributed by atoms with E-state index >= 15 is 0 Å². The first-order valence-electron chi connectivity index (χ1n) is 5.90. The number of hydrogen-bond acceptors (Lipinski definition) is 0. The van der Waals surface area contributed by atoms with Crippen LogP contribution in [0.1, 0.15) is 5.56 Å². The van der Waals surface area contributed by atoms with Crippen LogP contribution < -0.4 is 5.30 Å². The van der Waals surface area contributed by atoms with Crippen LogP contribution in [0.2, 0.25) is 0 Å². The van der Waals surface area contributed by atoms with Crippen molar-refractivity contribution in [3.63, 3.8) is 0 Å². The summed E-state index contributed by atoms with van der Waals surface area (Å²) in [5.41, 5.74) is 1.18. The van der Waals surface area contributed by atoms with Gasteiger partial charge in [0.15, 0.2) is 0 Å². The molecule has 0 aliphatic carbocycles.